The summed E-state index contributed by atoms with van der Waals surface area (Å²) in [5, 5.41) is 0.997. The van der Waals surface area contributed by atoms with Gasteiger partial charge in [-0.25, -0.2) is 0 Å². The summed E-state index contributed by atoms with van der Waals surface area (Å²) < 4.78 is 0. The van der Waals surface area contributed by atoms with E-state index in [9.17, 15) is 4.79 Å². The zero-order valence-electron chi connectivity index (χ0n) is 9.70. The number of carbonyl (C=O) groups is 1. The lowest BCUT2D eigenvalue weighted by atomic mass is 9.87. The molecule has 2 rings (SSSR count). The monoisotopic (exact) mass is 288 g/mol. The van der Waals surface area contributed by atoms with Crippen LogP contribution in [-0.4, -0.2) is 34.8 Å². The third-order valence-corrected chi connectivity index (χ3v) is 4.37. The van der Waals surface area contributed by atoms with Crippen molar-refractivity contribution in [3.8, 4) is 0 Å². The Bertz CT molecular complexity index is 259. The summed E-state index contributed by atoms with van der Waals surface area (Å²) >= 11 is 3.39. The number of nitrogens with zero attached hydrogens (tertiary/aromatic N) is 1. The zero-order valence-corrected chi connectivity index (χ0v) is 11.3. The molecular formula is C12H21BrN2O. The first kappa shape index (κ1) is 12.4. The Morgan fingerprint density at radius 3 is 2.88 bits per heavy atom. The topological polar surface area (TPSA) is 46.3 Å². The Hall–Kier alpha value is -0.0900. The maximum absolute atomic E-state index is 12.0. The largest absolute Gasteiger partial charge is 0.339 e. The minimum Gasteiger partial charge on any atom is -0.339 e. The fourth-order valence-corrected chi connectivity index (χ4v) is 3.50. The first-order valence-corrected chi connectivity index (χ1v) is 7.44. The molecule has 1 aliphatic heterocycles. The van der Waals surface area contributed by atoms with E-state index in [4.69, 9.17) is 5.73 Å². The van der Waals surface area contributed by atoms with Crippen LogP contribution in [0.4, 0.5) is 0 Å². The number of hydrogen-bond donors (Lipinski definition) is 1. The second-order valence-electron chi connectivity index (χ2n) is 5.18. The minimum atomic E-state index is 0.323. The third kappa shape index (κ3) is 2.77. The second kappa shape index (κ2) is 5.50. The lowest BCUT2D eigenvalue weighted by Crippen LogP contribution is -2.38. The molecule has 0 radical (unpaired) electrons. The van der Waals surface area contributed by atoms with E-state index in [-0.39, 0.29) is 0 Å². The molecule has 2 N–H and O–H groups in total. The standard InChI is InChI=1S/C12H21BrN2O/c13-4-2-1-3-12(16)15-8-9-5-10(14)7-11(15)6-9/h9-11H,1-8,14H2. The van der Waals surface area contributed by atoms with Gasteiger partial charge in [-0.15, -0.1) is 0 Å². The van der Waals surface area contributed by atoms with Gasteiger partial charge in [0.2, 0.25) is 5.91 Å². The van der Waals surface area contributed by atoms with Gasteiger partial charge in [0.25, 0.3) is 0 Å². The van der Waals surface area contributed by atoms with Gasteiger partial charge >= 0.3 is 0 Å². The van der Waals surface area contributed by atoms with Crippen molar-refractivity contribution >= 4 is 21.8 Å². The molecule has 1 amide bonds. The molecule has 92 valence electrons. The maximum atomic E-state index is 12.0. The Labute approximate surface area is 106 Å². The molecule has 1 saturated heterocycles. The summed E-state index contributed by atoms with van der Waals surface area (Å²) in [7, 11) is 0. The molecule has 0 aromatic carbocycles. The minimum absolute atomic E-state index is 0.323. The third-order valence-electron chi connectivity index (χ3n) is 3.81. The van der Waals surface area contributed by atoms with Crippen LogP contribution in [0.1, 0.15) is 38.5 Å². The molecular weight excluding hydrogens is 268 g/mol. The van der Waals surface area contributed by atoms with E-state index in [1.165, 1.54) is 6.42 Å². The molecule has 0 aromatic rings. The molecule has 3 nitrogen and oxygen atoms in total. The van der Waals surface area contributed by atoms with E-state index in [1.807, 2.05) is 0 Å². The number of nitrogens with two attached hydrogens (primary N) is 1. The van der Waals surface area contributed by atoms with Crippen molar-refractivity contribution in [2.24, 2.45) is 11.7 Å². The van der Waals surface area contributed by atoms with Crippen LogP contribution in [0.25, 0.3) is 0 Å². The number of rotatable bonds is 4. The lowest BCUT2D eigenvalue weighted by Gasteiger charge is -2.27. The smallest absolute Gasteiger partial charge is 0.222 e. The number of amides is 1. The summed E-state index contributed by atoms with van der Waals surface area (Å²) in [5.41, 5.74) is 6.00. The van der Waals surface area contributed by atoms with Crippen LogP contribution in [0.5, 0.6) is 0 Å². The van der Waals surface area contributed by atoms with Gasteiger partial charge in [0.1, 0.15) is 0 Å². The number of alkyl halides is 1. The predicted molar refractivity (Wildman–Crippen MR) is 68.5 cm³/mol. The SMILES string of the molecule is NC1CC2CC(C1)N(C(=O)CCCCBr)C2. The highest BCUT2D eigenvalue weighted by Gasteiger charge is 2.39. The maximum Gasteiger partial charge on any atom is 0.222 e. The number of hydrogen-bond acceptors (Lipinski definition) is 2. The highest BCUT2D eigenvalue weighted by atomic mass is 79.9. The van der Waals surface area contributed by atoms with Crippen LogP contribution >= 0.6 is 15.9 Å². The molecule has 0 aromatic heterocycles. The summed E-state index contributed by atoms with van der Waals surface area (Å²) in [4.78, 5) is 14.1. The van der Waals surface area contributed by atoms with Crippen LogP contribution in [0.2, 0.25) is 0 Å². The number of halogens is 1. The van der Waals surface area contributed by atoms with E-state index >= 15 is 0 Å². The van der Waals surface area contributed by atoms with Crippen molar-refractivity contribution in [3.63, 3.8) is 0 Å². The van der Waals surface area contributed by atoms with E-state index in [0.717, 1.165) is 37.6 Å². The summed E-state index contributed by atoms with van der Waals surface area (Å²) in [5.74, 6) is 1.02. The van der Waals surface area contributed by atoms with Crippen LogP contribution in [0.3, 0.4) is 0 Å². The molecule has 16 heavy (non-hydrogen) atoms. The van der Waals surface area contributed by atoms with Crippen molar-refractivity contribution in [1.29, 1.82) is 0 Å². The van der Waals surface area contributed by atoms with E-state index in [1.54, 1.807) is 0 Å². The normalized spacial score (nSPS) is 33.1. The number of carbonyl (C=O) groups excluding carboxylic acids is 1. The average Bonchev–Trinajstić information content (AvgIpc) is 2.54. The first-order valence-electron chi connectivity index (χ1n) is 6.31. The van der Waals surface area contributed by atoms with Crippen molar-refractivity contribution in [1.82, 2.24) is 4.90 Å². The summed E-state index contributed by atoms with van der Waals surface area (Å²) in [6, 6.07) is 0.773. The molecule has 2 bridgehead atoms. The highest BCUT2D eigenvalue weighted by Crippen LogP contribution is 2.35. The molecule has 0 spiro atoms. The van der Waals surface area contributed by atoms with Crippen molar-refractivity contribution < 1.29 is 4.79 Å². The van der Waals surface area contributed by atoms with Crippen LogP contribution in [-0.2, 0) is 4.79 Å². The van der Waals surface area contributed by atoms with Gasteiger partial charge in [0, 0.05) is 30.4 Å². The first-order chi connectivity index (χ1) is 7.70. The van der Waals surface area contributed by atoms with Gasteiger partial charge < -0.3 is 10.6 Å². The van der Waals surface area contributed by atoms with Gasteiger partial charge in [-0.1, -0.05) is 15.9 Å². The van der Waals surface area contributed by atoms with Crippen LogP contribution < -0.4 is 5.73 Å². The van der Waals surface area contributed by atoms with Crippen molar-refractivity contribution in [2.75, 3.05) is 11.9 Å². The Balaban J connectivity index is 1.83. The van der Waals surface area contributed by atoms with Gasteiger partial charge in [0.15, 0.2) is 0 Å². The molecule has 1 heterocycles. The van der Waals surface area contributed by atoms with Crippen LogP contribution in [0.15, 0.2) is 0 Å². The number of fused-ring (bicyclic) bond motifs is 2. The number of unbranched alkanes of at least 4 members (excludes halogenated alkanes) is 1. The molecule has 4 heteroatoms. The van der Waals surface area contributed by atoms with Crippen molar-refractivity contribution in [2.45, 2.75) is 50.6 Å². The molecule has 1 aliphatic carbocycles. The van der Waals surface area contributed by atoms with E-state index < -0.39 is 0 Å². The van der Waals surface area contributed by atoms with Crippen molar-refractivity contribution in [3.05, 3.63) is 0 Å². The van der Waals surface area contributed by atoms with Crippen LogP contribution in [0, 0.1) is 5.92 Å². The Kier molecular flexibility index (Phi) is 4.25. The van der Waals surface area contributed by atoms with Gasteiger partial charge in [-0.05, 0) is 38.0 Å². The second-order valence-corrected chi connectivity index (χ2v) is 5.97. The molecule has 1 saturated carbocycles. The fourth-order valence-electron chi connectivity index (χ4n) is 3.10. The Morgan fingerprint density at radius 1 is 1.31 bits per heavy atom. The van der Waals surface area contributed by atoms with E-state index in [0.29, 0.717) is 30.3 Å². The number of likely N-dealkylation sites (tertiary alicyclic amines) is 1. The summed E-state index contributed by atoms with van der Waals surface area (Å²) in [6.45, 7) is 0.964. The average molecular weight is 289 g/mol. The predicted octanol–water partition coefficient (Wildman–Crippen LogP) is 1.89. The fraction of sp³-hybridized carbons (Fsp3) is 0.917. The molecule has 3 unspecified atom stereocenters. The van der Waals surface area contributed by atoms with Gasteiger partial charge in [-0.3, -0.25) is 4.79 Å². The summed E-state index contributed by atoms with van der Waals surface area (Å²) in [6.07, 6.45) is 6.13. The van der Waals surface area contributed by atoms with Gasteiger partial charge in [0.05, 0.1) is 0 Å². The lowest BCUT2D eigenvalue weighted by molar-refractivity contribution is -0.132. The molecule has 2 fully saturated rings. The van der Waals surface area contributed by atoms with Gasteiger partial charge in [-0.2, -0.15) is 0 Å². The Morgan fingerprint density at radius 2 is 2.12 bits per heavy atom. The zero-order chi connectivity index (χ0) is 11.5. The highest BCUT2D eigenvalue weighted by molar-refractivity contribution is 9.09. The molecule has 2 aliphatic rings. The van der Waals surface area contributed by atoms with E-state index in [2.05, 4.69) is 20.8 Å². The quantitative estimate of drug-likeness (QED) is 0.634. The molecule has 3 atom stereocenters.